The van der Waals surface area contributed by atoms with Gasteiger partial charge in [-0.05, 0) is 54.4 Å². The third kappa shape index (κ3) is 5.84. The zero-order valence-corrected chi connectivity index (χ0v) is 20.2. The van der Waals surface area contributed by atoms with Crippen molar-refractivity contribution in [1.82, 2.24) is 10.2 Å². The lowest BCUT2D eigenvalue weighted by atomic mass is 9.78. The number of amides is 2. The normalized spacial score (nSPS) is 15.5. The quantitative estimate of drug-likeness (QED) is 0.484. The van der Waals surface area contributed by atoms with Crippen molar-refractivity contribution >= 4 is 18.0 Å². The maximum atomic E-state index is 12.9. The van der Waals surface area contributed by atoms with Crippen LogP contribution in [0.25, 0.3) is 11.1 Å². The lowest BCUT2D eigenvalue weighted by Gasteiger charge is -2.35. The first-order valence-electron chi connectivity index (χ1n) is 12.6. The minimum Gasteiger partial charge on any atom is -0.481 e. The average Bonchev–Trinajstić information content (AvgIpc) is 3.13. The number of ether oxygens (including phenoxy) is 1. The maximum absolute atomic E-state index is 12.9. The molecule has 0 aromatic heterocycles. The Morgan fingerprint density at radius 1 is 1.06 bits per heavy atom. The Morgan fingerprint density at radius 2 is 1.69 bits per heavy atom. The molecule has 2 aromatic rings. The highest BCUT2D eigenvalue weighted by atomic mass is 16.5. The van der Waals surface area contributed by atoms with Crippen molar-refractivity contribution in [3.63, 3.8) is 0 Å². The van der Waals surface area contributed by atoms with Crippen LogP contribution < -0.4 is 5.32 Å². The maximum Gasteiger partial charge on any atom is 0.407 e. The summed E-state index contributed by atoms with van der Waals surface area (Å²) in [4.78, 5) is 38.2. The Hall–Kier alpha value is -3.35. The minimum atomic E-state index is -0.863. The first-order chi connectivity index (χ1) is 17.0. The number of hydrogen-bond acceptors (Lipinski definition) is 4. The Labute approximate surface area is 206 Å². The molecule has 0 bridgehead atoms. The van der Waals surface area contributed by atoms with Crippen molar-refractivity contribution < 1.29 is 24.2 Å². The number of carbonyl (C=O) groups excluding carboxylic acids is 2. The molecule has 2 aliphatic carbocycles. The summed E-state index contributed by atoms with van der Waals surface area (Å²) in [5.41, 5.74) is 4.68. The Morgan fingerprint density at radius 3 is 2.23 bits per heavy atom. The van der Waals surface area contributed by atoms with Gasteiger partial charge in [0.2, 0.25) is 5.91 Å². The number of benzene rings is 2. The van der Waals surface area contributed by atoms with E-state index in [1.807, 2.05) is 31.2 Å². The summed E-state index contributed by atoms with van der Waals surface area (Å²) in [5.74, 6) is -0.676. The first kappa shape index (κ1) is 24.8. The number of aliphatic carboxylic acids is 1. The number of carbonyl (C=O) groups is 3. The summed E-state index contributed by atoms with van der Waals surface area (Å²) in [5, 5.41) is 11.8. The molecule has 2 aliphatic rings. The highest BCUT2D eigenvalue weighted by Gasteiger charge is 2.33. The smallest absolute Gasteiger partial charge is 0.407 e. The minimum absolute atomic E-state index is 0.0123. The molecule has 1 unspecified atom stereocenters. The van der Waals surface area contributed by atoms with E-state index in [0.29, 0.717) is 19.5 Å². The van der Waals surface area contributed by atoms with Crippen molar-refractivity contribution in [3.05, 3.63) is 59.7 Å². The lowest BCUT2D eigenvalue weighted by molar-refractivity contribution is -0.138. The summed E-state index contributed by atoms with van der Waals surface area (Å²) in [6, 6.07) is 16.1. The zero-order valence-electron chi connectivity index (χ0n) is 20.2. The molecule has 0 radical (unpaired) electrons. The molecule has 1 saturated carbocycles. The molecule has 2 aromatic carbocycles. The molecule has 0 saturated heterocycles. The monoisotopic (exact) mass is 478 g/mol. The van der Waals surface area contributed by atoms with Gasteiger partial charge in [0.15, 0.2) is 0 Å². The fraction of sp³-hybridized carbons (Fsp3) is 0.464. The van der Waals surface area contributed by atoms with E-state index in [1.54, 1.807) is 4.90 Å². The van der Waals surface area contributed by atoms with Crippen molar-refractivity contribution in [1.29, 1.82) is 0 Å². The van der Waals surface area contributed by atoms with E-state index in [0.717, 1.165) is 30.4 Å². The van der Waals surface area contributed by atoms with Gasteiger partial charge in [-0.15, -0.1) is 0 Å². The molecule has 1 atom stereocenters. The standard InChI is InChI=1S/C28H34N2O5/c1-2-30(16-8-15-27(32)33)26(31)17-25(19-9-7-10-19)29-28(34)35-18-24-22-13-5-3-11-20(22)21-12-4-6-14-23(21)24/h3-6,11-14,19,24-25H,2,7-10,15-18H2,1H3,(H,29,34)(H,32,33). The van der Waals surface area contributed by atoms with Gasteiger partial charge in [-0.1, -0.05) is 55.0 Å². The number of nitrogens with one attached hydrogen (secondary N) is 1. The number of carboxylic acid groups (broad SMARTS) is 1. The fourth-order valence-corrected chi connectivity index (χ4v) is 5.17. The molecule has 1 fully saturated rings. The Balaban J connectivity index is 1.35. The van der Waals surface area contributed by atoms with E-state index in [-0.39, 0.29) is 43.2 Å². The SMILES string of the molecule is CCN(CCCC(=O)O)C(=O)CC(NC(=O)OCC1c2ccccc2-c2ccccc21)C1CCC1. The van der Waals surface area contributed by atoms with Gasteiger partial charge in [0.25, 0.3) is 0 Å². The molecular weight excluding hydrogens is 444 g/mol. The number of rotatable bonds is 11. The third-order valence-corrected chi connectivity index (χ3v) is 7.31. The third-order valence-electron chi connectivity index (χ3n) is 7.31. The van der Waals surface area contributed by atoms with Gasteiger partial charge < -0.3 is 20.1 Å². The van der Waals surface area contributed by atoms with Gasteiger partial charge >= 0.3 is 12.1 Å². The van der Waals surface area contributed by atoms with E-state index >= 15 is 0 Å². The topological polar surface area (TPSA) is 95.9 Å². The molecule has 2 N–H and O–H groups in total. The predicted octanol–water partition coefficient (Wildman–Crippen LogP) is 4.80. The lowest BCUT2D eigenvalue weighted by Crippen LogP contribution is -2.47. The van der Waals surface area contributed by atoms with Crippen LogP contribution in [0.4, 0.5) is 4.79 Å². The predicted molar refractivity (Wildman–Crippen MR) is 133 cm³/mol. The van der Waals surface area contributed by atoms with Crippen LogP contribution in [-0.4, -0.2) is 53.7 Å². The molecule has 7 nitrogen and oxygen atoms in total. The van der Waals surface area contributed by atoms with E-state index in [1.165, 1.54) is 11.1 Å². The van der Waals surface area contributed by atoms with E-state index in [9.17, 15) is 14.4 Å². The van der Waals surface area contributed by atoms with E-state index in [2.05, 4.69) is 29.6 Å². The highest BCUT2D eigenvalue weighted by molar-refractivity contribution is 5.80. The number of fused-ring (bicyclic) bond motifs is 3. The van der Waals surface area contributed by atoms with Crippen molar-refractivity contribution in [2.24, 2.45) is 5.92 Å². The summed E-state index contributed by atoms with van der Waals surface area (Å²) < 4.78 is 5.71. The van der Waals surface area contributed by atoms with Crippen LogP contribution >= 0.6 is 0 Å². The van der Waals surface area contributed by atoms with Crippen LogP contribution in [0.3, 0.4) is 0 Å². The molecule has 4 rings (SSSR count). The number of hydrogen-bond donors (Lipinski definition) is 2. The second-order valence-corrected chi connectivity index (χ2v) is 9.44. The van der Waals surface area contributed by atoms with E-state index < -0.39 is 12.1 Å². The van der Waals surface area contributed by atoms with Crippen LogP contribution in [0.1, 0.15) is 62.5 Å². The van der Waals surface area contributed by atoms with Gasteiger partial charge in [0, 0.05) is 37.9 Å². The Bertz CT molecular complexity index is 1020. The van der Waals surface area contributed by atoms with Crippen LogP contribution in [0.2, 0.25) is 0 Å². The average molecular weight is 479 g/mol. The van der Waals surface area contributed by atoms with Crippen LogP contribution in [-0.2, 0) is 14.3 Å². The second kappa shape index (κ2) is 11.4. The second-order valence-electron chi connectivity index (χ2n) is 9.44. The van der Waals surface area contributed by atoms with Crippen LogP contribution in [0.5, 0.6) is 0 Å². The largest absolute Gasteiger partial charge is 0.481 e. The van der Waals surface area contributed by atoms with Gasteiger partial charge in [0.1, 0.15) is 6.61 Å². The van der Waals surface area contributed by atoms with Crippen molar-refractivity contribution in [2.45, 2.75) is 57.4 Å². The summed E-state index contributed by atoms with van der Waals surface area (Å²) in [6.07, 6.45) is 3.22. The molecular formula is C28H34N2O5. The molecule has 186 valence electrons. The van der Waals surface area contributed by atoms with Crippen molar-refractivity contribution in [2.75, 3.05) is 19.7 Å². The molecule has 2 amide bonds. The highest BCUT2D eigenvalue weighted by Crippen LogP contribution is 2.44. The molecule has 7 heteroatoms. The van der Waals surface area contributed by atoms with Gasteiger partial charge in [-0.25, -0.2) is 4.79 Å². The summed E-state index contributed by atoms with van der Waals surface area (Å²) in [7, 11) is 0. The molecule has 35 heavy (non-hydrogen) atoms. The van der Waals surface area contributed by atoms with Crippen molar-refractivity contribution in [3.8, 4) is 11.1 Å². The Kier molecular flexibility index (Phi) is 8.06. The number of nitrogens with zero attached hydrogens (tertiary/aromatic N) is 1. The number of alkyl carbamates (subject to hydrolysis) is 1. The summed E-state index contributed by atoms with van der Waals surface area (Å²) in [6.45, 7) is 3.04. The van der Waals surface area contributed by atoms with E-state index in [4.69, 9.17) is 9.84 Å². The molecule has 0 spiro atoms. The van der Waals surface area contributed by atoms with Gasteiger partial charge in [-0.3, -0.25) is 9.59 Å². The summed E-state index contributed by atoms with van der Waals surface area (Å²) >= 11 is 0. The molecule has 0 heterocycles. The zero-order chi connectivity index (χ0) is 24.8. The van der Waals surface area contributed by atoms with Crippen LogP contribution in [0.15, 0.2) is 48.5 Å². The fourth-order valence-electron chi connectivity index (χ4n) is 5.17. The molecule has 0 aliphatic heterocycles. The van der Waals surface area contributed by atoms with Crippen LogP contribution in [0, 0.1) is 5.92 Å². The number of carboxylic acids is 1. The van der Waals surface area contributed by atoms with Gasteiger partial charge in [-0.2, -0.15) is 0 Å². The van der Waals surface area contributed by atoms with Gasteiger partial charge in [0.05, 0.1) is 0 Å². The first-order valence-corrected chi connectivity index (χ1v) is 12.6.